The normalized spacial score (nSPS) is 12.9. The van der Waals surface area contributed by atoms with Gasteiger partial charge in [-0.25, -0.2) is 0 Å². The van der Waals surface area contributed by atoms with Crippen molar-refractivity contribution in [3.8, 4) is 0 Å². The molecule has 0 aromatic rings. The molecule has 0 heterocycles. The van der Waals surface area contributed by atoms with E-state index in [1.807, 2.05) is 6.92 Å². The van der Waals surface area contributed by atoms with E-state index in [-0.39, 0.29) is 5.91 Å². The van der Waals surface area contributed by atoms with Gasteiger partial charge in [-0.3, -0.25) is 4.79 Å². The van der Waals surface area contributed by atoms with Gasteiger partial charge in [0.25, 0.3) is 0 Å². The number of carbonyl (C=O) groups excluding carboxylic acids is 1. The van der Waals surface area contributed by atoms with Crippen LogP contribution in [0.1, 0.15) is 27.2 Å². The van der Waals surface area contributed by atoms with Crippen LogP contribution in [0, 0.1) is 5.92 Å². The number of hydrogen-bond donors (Lipinski definition) is 2. The Kier molecular flexibility index (Phi) is 8.33. The number of rotatable bonds is 8. The molecule has 15 heavy (non-hydrogen) atoms. The molecule has 1 amide bonds. The Morgan fingerprint density at radius 1 is 1.40 bits per heavy atom. The summed E-state index contributed by atoms with van der Waals surface area (Å²) >= 11 is 0. The third-order valence-electron chi connectivity index (χ3n) is 2.28. The molecule has 4 heteroatoms. The molecule has 0 aliphatic heterocycles. The van der Waals surface area contributed by atoms with Crippen LogP contribution in [0.5, 0.6) is 0 Å². The summed E-state index contributed by atoms with van der Waals surface area (Å²) in [7, 11) is 1.70. The van der Waals surface area contributed by atoms with Gasteiger partial charge in [0.1, 0.15) is 0 Å². The number of ether oxygens (including phenoxy) is 1. The second kappa shape index (κ2) is 8.68. The van der Waals surface area contributed by atoms with E-state index in [1.54, 1.807) is 7.11 Å². The van der Waals surface area contributed by atoms with Crippen molar-refractivity contribution in [3.05, 3.63) is 0 Å². The van der Waals surface area contributed by atoms with Gasteiger partial charge in [-0.15, -0.1) is 0 Å². The van der Waals surface area contributed by atoms with Crippen molar-refractivity contribution in [2.45, 2.75) is 33.2 Å². The molecule has 0 aromatic heterocycles. The smallest absolute Gasteiger partial charge is 0.221 e. The summed E-state index contributed by atoms with van der Waals surface area (Å²) in [5.41, 5.74) is 0. The quantitative estimate of drug-likeness (QED) is 0.630. The fourth-order valence-electron chi connectivity index (χ4n) is 1.32. The SMILES string of the molecule is CCNC(=O)CCNC(COC)C(C)C. The summed E-state index contributed by atoms with van der Waals surface area (Å²) in [6.45, 7) is 8.30. The minimum Gasteiger partial charge on any atom is -0.383 e. The first-order valence-electron chi connectivity index (χ1n) is 5.60. The third kappa shape index (κ3) is 7.33. The Morgan fingerprint density at radius 3 is 2.53 bits per heavy atom. The highest BCUT2D eigenvalue weighted by Crippen LogP contribution is 2.01. The van der Waals surface area contributed by atoms with Crippen molar-refractivity contribution in [2.75, 3.05) is 26.8 Å². The first-order valence-corrected chi connectivity index (χ1v) is 5.60. The number of amides is 1. The van der Waals surface area contributed by atoms with E-state index in [0.717, 1.165) is 0 Å². The van der Waals surface area contributed by atoms with Crippen LogP contribution in [-0.4, -0.2) is 38.8 Å². The van der Waals surface area contributed by atoms with Gasteiger partial charge in [0.2, 0.25) is 5.91 Å². The van der Waals surface area contributed by atoms with Gasteiger partial charge < -0.3 is 15.4 Å². The minimum absolute atomic E-state index is 0.102. The molecule has 0 fully saturated rings. The molecule has 0 radical (unpaired) electrons. The number of hydrogen-bond acceptors (Lipinski definition) is 3. The molecule has 0 aliphatic carbocycles. The molecule has 2 N–H and O–H groups in total. The number of methoxy groups -OCH3 is 1. The van der Waals surface area contributed by atoms with Crippen molar-refractivity contribution >= 4 is 5.91 Å². The molecule has 1 unspecified atom stereocenters. The van der Waals surface area contributed by atoms with Crippen molar-refractivity contribution in [2.24, 2.45) is 5.92 Å². The zero-order valence-corrected chi connectivity index (χ0v) is 10.3. The third-order valence-corrected chi connectivity index (χ3v) is 2.28. The van der Waals surface area contributed by atoms with Gasteiger partial charge in [-0.1, -0.05) is 13.8 Å². The Hall–Kier alpha value is -0.610. The Morgan fingerprint density at radius 2 is 2.07 bits per heavy atom. The first-order chi connectivity index (χ1) is 7.11. The van der Waals surface area contributed by atoms with Gasteiger partial charge in [0, 0.05) is 32.7 Å². The topological polar surface area (TPSA) is 50.4 Å². The number of nitrogens with one attached hydrogen (secondary N) is 2. The van der Waals surface area contributed by atoms with E-state index in [1.165, 1.54) is 0 Å². The zero-order chi connectivity index (χ0) is 11.7. The number of carbonyl (C=O) groups is 1. The maximum Gasteiger partial charge on any atom is 0.221 e. The Labute approximate surface area is 92.8 Å². The summed E-state index contributed by atoms with van der Waals surface area (Å²) < 4.78 is 5.11. The highest BCUT2D eigenvalue weighted by atomic mass is 16.5. The van der Waals surface area contributed by atoms with Crippen LogP contribution in [0.4, 0.5) is 0 Å². The van der Waals surface area contributed by atoms with Crippen LogP contribution >= 0.6 is 0 Å². The van der Waals surface area contributed by atoms with Crippen molar-refractivity contribution in [1.82, 2.24) is 10.6 Å². The molecule has 90 valence electrons. The van der Waals surface area contributed by atoms with Crippen LogP contribution < -0.4 is 10.6 Å². The van der Waals surface area contributed by atoms with Gasteiger partial charge in [0.05, 0.1) is 6.61 Å². The minimum atomic E-state index is 0.102. The van der Waals surface area contributed by atoms with Crippen molar-refractivity contribution < 1.29 is 9.53 Å². The lowest BCUT2D eigenvalue weighted by Crippen LogP contribution is -2.39. The van der Waals surface area contributed by atoms with E-state index in [9.17, 15) is 4.79 Å². The van der Waals surface area contributed by atoms with E-state index in [4.69, 9.17) is 4.74 Å². The molecular weight excluding hydrogens is 192 g/mol. The molecule has 0 spiro atoms. The predicted molar refractivity (Wildman–Crippen MR) is 61.8 cm³/mol. The van der Waals surface area contributed by atoms with E-state index >= 15 is 0 Å². The van der Waals surface area contributed by atoms with Gasteiger partial charge >= 0.3 is 0 Å². The maximum absolute atomic E-state index is 11.2. The standard InChI is InChI=1S/C11H24N2O2/c1-5-12-11(14)6-7-13-10(8-15-4)9(2)3/h9-10,13H,5-8H2,1-4H3,(H,12,14). The molecule has 0 rings (SSSR count). The van der Waals surface area contributed by atoms with Crippen LogP contribution in [0.25, 0.3) is 0 Å². The molecule has 0 bridgehead atoms. The van der Waals surface area contributed by atoms with Gasteiger partial charge in [0.15, 0.2) is 0 Å². The van der Waals surface area contributed by atoms with Gasteiger partial charge in [-0.05, 0) is 12.8 Å². The zero-order valence-electron chi connectivity index (χ0n) is 10.3. The highest BCUT2D eigenvalue weighted by Gasteiger charge is 2.12. The Balaban J connectivity index is 3.66. The maximum atomic E-state index is 11.2. The lowest BCUT2D eigenvalue weighted by Gasteiger charge is -2.21. The summed E-state index contributed by atoms with van der Waals surface area (Å²) in [4.78, 5) is 11.2. The molecule has 0 aromatic carbocycles. The van der Waals surface area contributed by atoms with E-state index in [0.29, 0.717) is 38.1 Å². The fraction of sp³-hybridized carbons (Fsp3) is 0.909. The molecular formula is C11H24N2O2. The predicted octanol–water partition coefficient (Wildman–Crippen LogP) is 0.773. The molecule has 1 atom stereocenters. The first kappa shape index (κ1) is 14.4. The molecule has 0 aliphatic rings. The molecule has 0 saturated carbocycles. The Bertz CT molecular complexity index is 172. The monoisotopic (exact) mass is 216 g/mol. The average Bonchev–Trinajstić information content (AvgIpc) is 2.16. The van der Waals surface area contributed by atoms with Crippen LogP contribution in [0.2, 0.25) is 0 Å². The van der Waals surface area contributed by atoms with Crippen LogP contribution in [-0.2, 0) is 9.53 Å². The second-order valence-corrected chi connectivity index (χ2v) is 3.96. The summed E-state index contributed by atoms with van der Waals surface area (Å²) in [5, 5.41) is 6.09. The lowest BCUT2D eigenvalue weighted by atomic mass is 10.1. The molecule has 4 nitrogen and oxygen atoms in total. The molecule has 0 saturated heterocycles. The van der Waals surface area contributed by atoms with Gasteiger partial charge in [-0.2, -0.15) is 0 Å². The summed E-state index contributed by atoms with van der Waals surface area (Å²) in [6, 6.07) is 0.324. The van der Waals surface area contributed by atoms with Crippen molar-refractivity contribution in [3.63, 3.8) is 0 Å². The van der Waals surface area contributed by atoms with E-state index in [2.05, 4.69) is 24.5 Å². The largest absolute Gasteiger partial charge is 0.383 e. The fourth-order valence-corrected chi connectivity index (χ4v) is 1.32. The van der Waals surface area contributed by atoms with Crippen LogP contribution in [0.15, 0.2) is 0 Å². The van der Waals surface area contributed by atoms with Crippen molar-refractivity contribution in [1.29, 1.82) is 0 Å². The second-order valence-electron chi connectivity index (χ2n) is 3.96. The highest BCUT2D eigenvalue weighted by molar-refractivity contribution is 5.75. The van der Waals surface area contributed by atoms with Crippen LogP contribution in [0.3, 0.4) is 0 Å². The lowest BCUT2D eigenvalue weighted by molar-refractivity contribution is -0.120. The summed E-state index contributed by atoms with van der Waals surface area (Å²) in [6.07, 6.45) is 0.529. The summed E-state index contributed by atoms with van der Waals surface area (Å²) in [5.74, 6) is 0.615. The average molecular weight is 216 g/mol. The van der Waals surface area contributed by atoms with E-state index < -0.39 is 0 Å².